The Morgan fingerprint density at radius 2 is 1.37 bits per heavy atom. The molecule has 0 fully saturated rings. The second-order valence-corrected chi connectivity index (χ2v) is 16.9. The van der Waals surface area contributed by atoms with Crippen LogP contribution in [-0.4, -0.2) is 57.6 Å². The highest BCUT2D eigenvalue weighted by molar-refractivity contribution is 6.40. The summed E-state index contributed by atoms with van der Waals surface area (Å²) in [5.74, 6) is -1.89. The van der Waals surface area contributed by atoms with Crippen LogP contribution in [0.5, 0.6) is 11.6 Å². The van der Waals surface area contributed by atoms with Gasteiger partial charge >= 0.3 is 5.97 Å². The van der Waals surface area contributed by atoms with Crippen LogP contribution in [0.15, 0.2) is 127 Å². The molecule has 5 aromatic carbocycles. The number of nitrogens with one attached hydrogen (secondary N) is 2. The van der Waals surface area contributed by atoms with Crippen molar-refractivity contribution in [3.8, 4) is 17.3 Å². The first-order valence-corrected chi connectivity index (χ1v) is 23.0. The molecule has 0 radical (unpaired) electrons. The van der Waals surface area contributed by atoms with Crippen molar-refractivity contribution in [1.29, 1.82) is 0 Å². The van der Waals surface area contributed by atoms with Crippen LogP contribution in [0.2, 0.25) is 15.1 Å². The monoisotopic (exact) mass is 971 g/mol. The molecular formula is C52H48Cl3N7O6. The number of benzene rings is 5. The molecule has 1 unspecified atom stereocenters. The van der Waals surface area contributed by atoms with Crippen LogP contribution in [0.25, 0.3) is 5.69 Å². The summed E-state index contributed by atoms with van der Waals surface area (Å²) in [5, 5.41) is 10.8. The molecule has 7 aromatic rings. The molecule has 1 atom stereocenters. The van der Waals surface area contributed by atoms with Gasteiger partial charge in [-0.05, 0) is 119 Å². The molecule has 0 aliphatic heterocycles. The predicted molar refractivity (Wildman–Crippen MR) is 269 cm³/mol. The lowest BCUT2D eigenvalue weighted by Gasteiger charge is -2.27. The second kappa shape index (κ2) is 21.6. The third kappa shape index (κ3) is 10.8. The van der Waals surface area contributed by atoms with Gasteiger partial charge in [-0.2, -0.15) is 4.68 Å². The van der Waals surface area contributed by atoms with Gasteiger partial charge in [0, 0.05) is 34.9 Å². The van der Waals surface area contributed by atoms with Crippen molar-refractivity contribution in [2.45, 2.75) is 54.1 Å². The van der Waals surface area contributed by atoms with E-state index in [-0.39, 0.29) is 60.5 Å². The van der Waals surface area contributed by atoms with Gasteiger partial charge in [0.05, 0.1) is 27.0 Å². The summed E-state index contributed by atoms with van der Waals surface area (Å²) in [6.45, 7) is 12.8. The zero-order valence-electron chi connectivity index (χ0n) is 38.1. The summed E-state index contributed by atoms with van der Waals surface area (Å²) in [4.78, 5) is 65.9. The van der Waals surface area contributed by atoms with Gasteiger partial charge in [0.2, 0.25) is 0 Å². The number of anilines is 5. The first-order chi connectivity index (χ1) is 32.7. The number of hydrogen-bond acceptors (Lipinski definition) is 9. The van der Waals surface area contributed by atoms with E-state index in [1.165, 1.54) is 23.1 Å². The van der Waals surface area contributed by atoms with Crippen LogP contribution < -0.4 is 29.9 Å². The summed E-state index contributed by atoms with van der Waals surface area (Å²) in [6.07, 6.45) is -0.467. The minimum atomic E-state index is -0.837. The molecule has 0 saturated heterocycles. The number of esters is 1. The van der Waals surface area contributed by atoms with Gasteiger partial charge < -0.3 is 25.0 Å². The molecule has 68 heavy (non-hydrogen) atoms. The highest BCUT2D eigenvalue weighted by Gasteiger charge is 2.36. The van der Waals surface area contributed by atoms with Crippen LogP contribution in [-0.2, 0) is 4.79 Å². The lowest BCUT2D eigenvalue weighted by atomic mass is 10.1. The maximum absolute atomic E-state index is 15.2. The smallest absolute Gasteiger partial charge is 0.344 e. The Balaban J connectivity index is 1.39. The third-order valence-corrected chi connectivity index (χ3v) is 11.7. The van der Waals surface area contributed by atoms with E-state index in [2.05, 4.69) is 15.5 Å². The van der Waals surface area contributed by atoms with Gasteiger partial charge in [-0.3, -0.25) is 19.3 Å². The molecule has 0 aliphatic carbocycles. The lowest BCUT2D eigenvalue weighted by molar-refractivity contribution is -0.122. The van der Waals surface area contributed by atoms with Crippen molar-refractivity contribution in [2.24, 2.45) is 0 Å². The molecule has 0 bridgehead atoms. The number of carbonyl (C=O) groups is 4. The van der Waals surface area contributed by atoms with Crippen molar-refractivity contribution in [1.82, 2.24) is 14.8 Å². The van der Waals surface area contributed by atoms with E-state index >= 15 is 4.79 Å². The van der Waals surface area contributed by atoms with Crippen LogP contribution in [0.4, 0.5) is 28.7 Å². The van der Waals surface area contributed by atoms with Gasteiger partial charge in [-0.15, -0.1) is 5.10 Å². The summed E-state index contributed by atoms with van der Waals surface area (Å²) in [7, 11) is 0. The van der Waals surface area contributed by atoms with E-state index in [1.54, 1.807) is 97.9 Å². The maximum atomic E-state index is 15.2. The molecule has 348 valence electrons. The predicted octanol–water partition coefficient (Wildman–Crippen LogP) is 12.2. The molecule has 0 aliphatic rings. The Morgan fingerprint density at radius 3 is 1.99 bits per heavy atom. The molecule has 0 spiro atoms. The van der Waals surface area contributed by atoms with Crippen molar-refractivity contribution in [3.05, 3.63) is 176 Å². The van der Waals surface area contributed by atoms with Crippen molar-refractivity contribution in [2.75, 3.05) is 33.5 Å². The first kappa shape index (κ1) is 48.7. The summed E-state index contributed by atoms with van der Waals surface area (Å²) >= 11 is 20.1. The van der Waals surface area contributed by atoms with Crippen LogP contribution in [0, 0.1) is 20.8 Å². The molecule has 13 nitrogen and oxygen atoms in total. The highest BCUT2D eigenvalue weighted by atomic mass is 35.5. The normalized spacial score (nSPS) is 11.4. The van der Waals surface area contributed by atoms with E-state index < -0.39 is 29.8 Å². The number of ether oxygens (including phenoxy) is 2. The number of rotatable bonds is 16. The van der Waals surface area contributed by atoms with Gasteiger partial charge in [-0.25, -0.2) is 9.78 Å². The fourth-order valence-electron chi connectivity index (χ4n) is 7.47. The van der Waals surface area contributed by atoms with E-state index in [1.807, 2.05) is 52.8 Å². The zero-order valence-corrected chi connectivity index (χ0v) is 40.4. The fourth-order valence-corrected chi connectivity index (χ4v) is 8.45. The van der Waals surface area contributed by atoms with E-state index in [4.69, 9.17) is 54.4 Å². The topological polar surface area (TPSA) is 148 Å². The molecule has 7 rings (SSSR count). The summed E-state index contributed by atoms with van der Waals surface area (Å²) in [5.41, 5.74) is 3.31. The Morgan fingerprint density at radius 1 is 0.721 bits per heavy atom. The number of amides is 3. The second-order valence-electron chi connectivity index (χ2n) is 15.6. The Bertz CT molecular complexity index is 2980. The Labute approximate surface area is 409 Å². The SMILES string of the molecule is CCC(Oc1ccc(C)cc1C)C(=O)Nc1cccc(C(=O)Nc2nn(-c3c(Cl)cc(Cl)cc3Cl)c(OC(=O)c3ccccc3)c2N(C(=O)c2ccccc2)c2ccc(N(CC)CC)nc2C)c1. The van der Waals surface area contributed by atoms with Crippen LogP contribution in [0.3, 0.4) is 0 Å². The van der Waals surface area contributed by atoms with E-state index in [0.29, 0.717) is 42.5 Å². The molecule has 2 N–H and O–H groups in total. The standard InChI is InChI=1S/C52H48Cl3N7O6/c1-7-42(67-43-25-23-31(4)27-32(43)5)49(64)57-38-22-16-21-36(28-38)48(63)58-47-46(61(50(65)34-17-12-10-13-18-34)41-24-26-44(56-33(41)6)60(8-2)9-3)51(68-52(66)35-19-14-11-15-20-35)62(59-47)45-39(54)29-37(53)30-40(45)55/h10-30,42H,7-9H2,1-6H3,(H,57,64)(H,58,59,63). The molecular weight excluding hydrogens is 925 g/mol. The Hall–Kier alpha value is -7.19. The average molecular weight is 973 g/mol. The van der Waals surface area contributed by atoms with Gasteiger partial charge in [0.25, 0.3) is 23.6 Å². The quantitative estimate of drug-likeness (QED) is 0.0903. The maximum Gasteiger partial charge on any atom is 0.344 e. The van der Waals surface area contributed by atoms with Crippen LogP contribution in [0.1, 0.15) is 75.1 Å². The average Bonchev–Trinajstić information content (AvgIpc) is 3.65. The number of hydrogen-bond donors (Lipinski definition) is 2. The van der Waals surface area contributed by atoms with Gasteiger partial charge in [-0.1, -0.05) is 102 Å². The number of carbonyl (C=O) groups excluding carboxylic acids is 4. The molecule has 2 heterocycles. The van der Waals surface area contributed by atoms with Crippen molar-refractivity contribution < 1.29 is 28.7 Å². The zero-order chi connectivity index (χ0) is 48.6. The largest absolute Gasteiger partial charge is 0.480 e. The lowest BCUT2D eigenvalue weighted by Crippen LogP contribution is -2.32. The highest BCUT2D eigenvalue weighted by Crippen LogP contribution is 2.46. The Kier molecular flexibility index (Phi) is 15.5. The number of pyridine rings is 1. The molecule has 3 amide bonds. The van der Waals surface area contributed by atoms with E-state index in [9.17, 15) is 14.4 Å². The fraction of sp³-hybridized carbons (Fsp3) is 0.192. The summed E-state index contributed by atoms with van der Waals surface area (Å²) < 4.78 is 13.5. The molecule has 16 heteroatoms. The van der Waals surface area contributed by atoms with E-state index in [0.717, 1.165) is 15.8 Å². The van der Waals surface area contributed by atoms with Gasteiger partial charge in [0.1, 0.15) is 17.3 Å². The molecule has 2 aromatic heterocycles. The van der Waals surface area contributed by atoms with Crippen molar-refractivity contribution >= 4 is 87.2 Å². The minimum absolute atomic E-state index is 0.00383. The molecule has 0 saturated carbocycles. The van der Waals surface area contributed by atoms with Crippen LogP contribution >= 0.6 is 34.8 Å². The number of aromatic nitrogens is 3. The number of aryl methyl sites for hydroxylation is 3. The first-order valence-electron chi connectivity index (χ1n) is 21.8. The minimum Gasteiger partial charge on any atom is -0.480 e. The third-order valence-electron chi connectivity index (χ3n) is 10.9. The summed E-state index contributed by atoms with van der Waals surface area (Å²) in [6, 6.07) is 35.0. The number of nitrogens with zero attached hydrogens (tertiary/aromatic N) is 5. The van der Waals surface area contributed by atoms with Crippen molar-refractivity contribution in [3.63, 3.8) is 0 Å². The van der Waals surface area contributed by atoms with Gasteiger partial charge in [0.15, 0.2) is 17.6 Å². The number of halogens is 3.